The highest BCUT2D eigenvalue weighted by atomic mass is 79.9. The number of carbonyl (C=O) groups is 3. The van der Waals surface area contributed by atoms with Crippen LogP contribution in [-0.4, -0.2) is 78.8 Å². The normalized spacial score (nSPS) is 19.7. The van der Waals surface area contributed by atoms with Gasteiger partial charge < -0.3 is 24.1 Å². The first kappa shape index (κ1) is 30.4. The molecule has 0 aliphatic carbocycles. The number of hydrogen-bond acceptors (Lipinski definition) is 7. The molecule has 2 aliphatic heterocycles. The molecule has 1 aromatic rings. The molecule has 9 nitrogen and oxygen atoms in total. The topological polar surface area (TPSA) is 88.6 Å². The number of piperidine rings is 1. The van der Waals surface area contributed by atoms with E-state index >= 15 is 0 Å². The van der Waals surface area contributed by atoms with Gasteiger partial charge in [0.25, 0.3) is 11.8 Å². The standard InChI is InChI=1S/C28H42BrN3O6/c1-18(2)32(19-11-9-12-30(17-19)38-26(35)27(3,4)5)24(33)20-15-22-23(16-21(20)29)37-28(6,7)25(34)31(22)13-10-14-36-8/h15-16,18-19H,9-14,17H2,1-8H3. The highest BCUT2D eigenvalue weighted by molar-refractivity contribution is 9.10. The molecule has 1 atom stereocenters. The molecule has 2 aliphatic rings. The molecule has 0 bridgehead atoms. The van der Waals surface area contributed by atoms with Gasteiger partial charge in [0.1, 0.15) is 5.75 Å². The first-order chi connectivity index (χ1) is 17.7. The fourth-order valence-corrected chi connectivity index (χ4v) is 5.28. The Balaban J connectivity index is 1.91. The monoisotopic (exact) mass is 595 g/mol. The molecule has 0 spiro atoms. The zero-order chi connectivity index (χ0) is 28.4. The maximum atomic E-state index is 14.1. The maximum Gasteiger partial charge on any atom is 0.330 e. The number of hydrogen-bond donors (Lipinski definition) is 0. The van der Waals surface area contributed by atoms with Crippen molar-refractivity contribution < 1.29 is 28.7 Å². The van der Waals surface area contributed by atoms with Crippen LogP contribution in [0.3, 0.4) is 0 Å². The van der Waals surface area contributed by atoms with E-state index < -0.39 is 11.0 Å². The van der Waals surface area contributed by atoms with Crippen LogP contribution in [0.2, 0.25) is 0 Å². The van der Waals surface area contributed by atoms with Crippen molar-refractivity contribution in [2.24, 2.45) is 5.41 Å². The number of rotatable bonds is 8. The summed E-state index contributed by atoms with van der Waals surface area (Å²) < 4.78 is 11.8. The van der Waals surface area contributed by atoms with E-state index in [1.807, 2.05) is 39.5 Å². The van der Waals surface area contributed by atoms with Crippen molar-refractivity contribution >= 4 is 39.4 Å². The van der Waals surface area contributed by atoms with Gasteiger partial charge in [-0.05, 0) is 95.8 Å². The van der Waals surface area contributed by atoms with Crippen LogP contribution in [0.1, 0.15) is 78.1 Å². The van der Waals surface area contributed by atoms with E-state index in [4.69, 9.17) is 14.3 Å². The Labute approximate surface area is 234 Å². The number of carbonyl (C=O) groups excluding carboxylic acids is 3. The maximum absolute atomic E-state index is 14.1. The van der Waals surface area contributed by atoms with E-state index in [1.54, 1.807) is 43.1 Å². The number of hydroxylamine groups is 2. The Kier molecular flexibility index (Phi) is 9.53. The summed E-state index contributed by atoms with van der Waals surface area (Å²) in [5.74, 6) is -0.0624. The van der Waals surface area contributed by atoms with Crippen molar-refractivity contribution in [3.8, 4) is 5.75 Å². The molecular formula is C28H42BrN3O6. The fourth-order valence-electron chi connectivity index (χ4n) is 4.79. The summed E-state index contributed by atoms with van der Waals surface area (Å²) in [5, 5.41) is 1.68. The van der Waals surface area contributed by atoms with Crippen molar-refractivity contribution in [2.45, 2.75) is 85.4 Å². The number of halogens is 1. The van der Waals surface area contributed by atoms with Crippen LogP contribution in [0.5, 0.6) is 5.75 Å². The largest absolute Gasteiger partial charge is 0.476 e. The van der Waals surface area contributed by atoms with Gasteiger partial charge in [0, 0.05) is 43.4 Å². The Hall–Kier alpha value is -2.17. The first-order valence-corrected chi connectivity index (χ1v) is 14.1. The lowest BCUT2D eigenvalue weighted by Crippen LogP contribution is -2.54. The van der Waals surface area contributed by atoms with Crippen molar-refractivity contribution in [2.75, 3.05) is 38.3 Å². The van der Waals surface area contributed by atoms with E-state index in [9.17, 15) is 14.4 Å². The number of benzene rings is 1. The van der Waals surface area contributed by atoms with Crippen LogP contribution in [0.15, 0.2) is 16.6 Å². The van der Waals surface area contributed by atoms with Gasteiger partial charge in [-0.3, -0.25) is 9.59 Å². The second-order valence-electron chi connectivity index (χ2n) is 11.8. The molecule has 1 aromatic carbocycles. The molecule has 212 valence electrons. The predicted octanol–water partition coefficient (Wildman–Crippen LogP) is 4.81. The van der Waals surface area contributed by atoms with Gasteiger partial charge in [-0.25, -0.2) is 4.79 Å². The molecule has 2 amide bonds. The zero-order valence-corrected chi connectivity index (χ0v) is 25.5. The number of fused-ring (bicyclic) bond motifs is 1. The fraction of sp³-hybridized carbons (Fsp3) is 0.679. The minimum absolute atomic E-state index is 0.0941. The molecule has 0 N–H and O–H groups in total. The Morgan fingerprint density at radius 3 is 2.55 bits per heavy atom. The zero-order valence-electron chi connectivity index (χ0n) is 23.9. The molecule has 1 saturated heterocycles. The van der Waals surface area contributed by atoms with Gasteiger partial charge in [-0.15, -0.1) is 5.06 Å². The SMILES string of the molecule is COCCCN1C(=O)C(C)(C)Oc2cc(Br)c(C(=O)N(C(C)C)C3CCCN(OC(=O)C(C)(C)C)C3)cc21. The number of anilines is 1. The quantitative estimate of drug-likeness (QED) is 0.398. The first-order valence-electron chi connectivity index (χ1n) is 13.3. The average Bonchev–Trinajstić information content (AvgIpc) is 2.80. The average molecular weight is 597 g/mol. The summed E-state index contributed by atoms with van der Waals surface area (Å²) >= 11 is 3.59. The third-order valence-corrected chi connectivity index (χ3v) is 7.45. The van der Waals surface area contributed by atoms with E-state index in [2.05, 4.69) is 15.9 Å². The second-order valence-corrected chi connectivity index (χ2v) is 12.7. The van der Waals surface area contributed by atoms with Crippen LogP contribution in [0.25, 0.3) is 0 Å². The van der Waals surface area contributed by atoms with Gasteiger partial charge in [0.15, 0.2) is 5.60 Å². The van der Waals surface area contributed by atoms with Crippen LogP contribution < -0.4 is 9.64 Å². The van der Waals surface area contributed by atoms with Crippen molar-refractivity contribution in [3.63, 3.8) is 0 Å². The van der Waals surface area contributed by atoms with Gasteiger partial charge in [0.05, 0.1) is 23.2 Å². The summed E-state index contributed by atoms with van der Waals surface area (Å²) in [4.78, 5) is 49.0. The second kappa shape index (κ2) is 11.9. The van der Waals surface area contributed by atoms with Crippen LogP contribution in [-0.2, 0) is 19.2 Å². The Morgan fingerprint density at radius 2 is 1.95 bits per heavy atom. The molecule has 1 fully saturated rings. The van der Waals surface area contributed by atoms with Gasteiger partial charge in [0.2, 0.25) is 0 Å². The van der Waals surface area contributed by atoms with Crippen molar-refractivity contribution in [1.29, 1.82) is 0 Å². The summed E-state index contributed by atoms with van der Waals surface area (Å²) in [5.41, 5.74) is -0.609. The lowest BCUT2D eigenvalue weighted by Gasteiger charge is -2.42. The van der Waals surface area contributed by atoms with E-state index in [0.717, 1.165) is 12.8 Å². The van der Waals surface area contributed by atoms with E-state index in [-0.39, 0.29) is 29.9 Å². The highest BCUT2D eigenvalue weighted by Gasteiger charge is 2.42. The van der Waals surface area contributed by atoms with Gasteiger partial charge >= 0.3 is 5.97 Å². The summed E-state index contributed by atoms with van der Waals surface area (Å²) in [7, 11) is 1.63. The third kappa shape index (κ3) is 6.69. The molecule has 1 unspecified atom stereocenters. The molecular weight excluding hydrogens is 554 g/mol. The van der Waals surface area contributed by atoms with Crippen LogP contribution >= 0.6 is 15.9 Å². The summed E-state index contributed by atoms with van der Waals surface area (Å²) in [6.45, 7) is 15.0. The molecule has 0 radical (unpaired) electrons. The lowest BCUT2D eigenvalue weighted by molar-refractivity contribution is -0.208. The predicted molar refractivity (Wildman–Crippen MR) is 149 cm³/mol. The highest BCUT2D eigenvalue weighted by Crippen LogP contribution is 2.42. The summed E-state index contributed by atoms with van der Waals surface area (Å²) in [6.07, 6.45) is 2.25. The molecule has 0 aromatic heterocycles. The van der Waals surface area contributed by atoms with E-state index in [0.29, 0.717) is 54.1 Å². The summed E-state index contributed by atoms with van der Waals surface area (Å²) in [6, 6.07) is 3.29. The van der Waals surface area contributed by atoms with E-state index in [1.165, 1.54) is 0 Å². The van der Waals surface area contributed by atoms with Crippen molar-refractivity contribution in [1.82, 2.24) is 9.96 Å². The Morgan fingerprint density at radius 1 is 1.26 bits per heavy atom. The van der Waals surface area contributed by atoms with Gasteiger partial charge in [-0.2, -0.15) is 0 Å². The molecule has 0 saturated carbocycles. The number of amides is 2. The molecule has 2 heterocycles. The van der Waals surface area contributed by atoms with Crippen LogP contribution in [0, 0.1) is 5.41 Å². The molecule has 10 heteroatoms. The lowest BCUT2D eigenvalue weighted by atomic mass is 9.97. The minimum Gasteiger partial charge on any atom is -0.476 e. The number of nitrogens with zero attached hydrogens (tertiary/aromatic N) is 3. The van der Waals surface area contributed by atoms with Crippen molar-refractivity contribution in [3.05, 3.63) is 22.2 Å². The smallest absolute Gasteiger partial charge is 0.330 e. The number of methoxy groups -OCH3 is 1. The van der Waals surface area contributed by atoms with Gasteiger partial charge in [-0.1, -0.05) is 0 Å². The molecule has 3 rings (SSSR count). The third-order valence-electron chi connectivity index (χ3n) is 6.79. The number of ether oxygens (including phenoxy) is 2. The minimum atomic E-state index is -1.02. The molecule has 38 heavy (non-hydrogen) atoms. The Bertz CT molecular complexity index is 1050. The van der Waals surface area contributed by atoms with Crippen LogP contribution in [0.4, 0.5) is 5.69 Å².